The van der Waals surface area contributed by atoms with Crippen LogP contribution in [0.5, 0.6) is 0 Å². The zero-order chi connectivity index (χ0) is 12.5. The molecule has 0 fully saturated rings. The molecule has 6 nitrogen and oxygen atoms in total. The molecule has 0 aliphatic heterocycles. The van der Waals surface area contributed by atoms with Gasteiger partial charge in [-0.05, 0) is 17.4 Å². The lowest BCUT2D eigenvalue weighted by atomic mass is 10.5. The number of imidazole rings is 1. The summed E-state index contributed by atoms with van der Waals surface area (Å²) in [5.41, 5.74) is 0. The van der Waals surface area contributed by atoms with Crippen molar-refractivity contribution < 1.29 is 13.2 Å². The second-order valence-electron chi connectivity index (χ2n) is 3.47. The van der Waals surface area contributed by atoms with E-state index in [0.717, 1.165) is 4.57 Å². The van der Waals surface area contributed by atoms with E-state index in [0.29, 0.717) is 5.82 Å². The topological polar surface area (TPSA) is 61.4 Å². The monoisotopic (exact) mass is 246 g/mol. The Bertz CT molecular complexity index is 499. The predicted molar refractivity (Wildman–Crippen MR) is 49.9 cm³/mol. The Balaban J connectivity index is 2.17. The highest BCUT2D eigenvalue weighted by Crippen LogP contribution is 2.18. The molecule has 0 aliphatic carbocycles. The summed E-state index contributed by atoms with van der Waals surface area (Å²) in [4.78, 5) is 3.86. The summed E-state index contributed by atoms with van der Waals surface area (Å²) in [6, 6.07) is 0. The number of aromatic nitrogens is 6. The molecule has 0 atom stereocenters. The van der Waals surface area contributed by atoms with Gasteiger partial charge in [0.15, 0.2) is 0 Å². The molecule has 2 aromatic rings. The van der Waals surface area contributed by atoms with Crippen LogP contribution >= 0.6 is 0 Å². The zero-order valence-electron chi connectivity index (χ0n) is 8.89. The first kappa shape index (κ1) is 11.6. The van der Waals surface area contributed by atoms with Gasteiger partial charge < -0.3 is 4.57 Å². The van der Waals surface area contributed by atoms with Gasteiger partial charge >= 0.3 is 6.18 Å². The number of hydrogen-bond donors (Lipinski definition) is 0. The maximum atomic E-state index is 12.3. The van der Waals surface area contributed by atoms with Gasteiger partial charge in [0, 0.05) is 12.4 Å². The molecule has 0 N–H and O–H groups in total. The van der Waals surface area contributed by atoms with Crippen molar-refractivity contribution in [1.29, 1.82) is 0 Å². The van der Waals surface area contributed by atoms with E-state index in [1.165, 1.54) is 17.1 Å². The third-order valence-corrected chi connectivity index (χ3v) is 2.15. The number of aryl methyl sites for hydroxylation is 1. The van der Waals surface area contributed by atoms with E-state index < -0.39 is 12.7 Å². The van der Waals surface area contributed by atoms with Crippen molar-refractivity contribution in [2.24, 2.45) is 0 Å². The molecule has 2 heterocycles. The molecule has 92 valence electrons. The Kier molecular flexibility index (Phi) is 2.82. The Morgan fingerprint density at radius 2 is 2.12 bits per heavy atom. The summed E-state index contributed by atoms with van der Waals surface area (Å²) in [6.45, 7) is 0.711. The molecule has 0 unspecified atom stereocenters. The second-order valence-corrected chi connectivity index (χ2v) is 3.47. The summed E-state index contributed by atoms with van der Waals surface area (Å²) >= 11 is 0. The molecule has 0 amide bonds. The van der Waals surface area contributed by atoms with Gasteiger partial charge in [0.05, 0.1) is 0 Å². The summed E-state index contributed by atoms with van der Waals surface area (Å²) in [6.07, 6.45) is -1.67. The van der Waals surface area contributed by atoms with Gasteiger partial charge in [-0.15, -0.1) is 5.10 Å². The van der Waals surface area contributed by atoms with E-state index in [-0.39, 0.29) is 12.4 Å². The van der Waals surface area contributed by atoms with Crippen LogP contribution in [0, 0.1) is 6.92 Å². The predicted octanol–water partition coefficient (Wildman–Crippen LogP) is 0.789. The first-order valence-corrected chi connectivity index (χ1v) is 4.75. The fourth-order valence-electron chi connectivity index (χ4n) is 1.36. The number of tetrazole rings is 1. The molecule has 2 aromatic heterocycles. The normalized spacial score (nSPS) is 12.0. The highest BCUT2D eigenvalue weighted by atomic mass is 19.4. The lowest BCUT2D eigenvalue weighted by Gasteiger charge is -2.10. The fraction of sp³-hybridized carbons (Fsp3) is 0.500. The minimum atomic E-state index is -4.27. The minimum absolute atomic E-state index is 0.113. The largest absolute Gasteiger partial charge is 0.406 e. The Morgan fingerprint density at radius 3 is 2.71 bits per heavy atom. The van der Waals surface area contributed by atoms with Gasteiger partial charge in [-0.25, -0.2) is 9.67 Å². The van der Waals surface area contributed by atoms with E-state index in [1.54, 1.807) is 6.92 Å². The number of hydrogen-bond acceptors (Lipinski definition) is 4. The van der Waals surface area contributed by atoms with E-state index in [4.69, 9.17) is 0 Å². The van der Waals surface area contributed by atoms with Crippen LogP contribution in [0.4, 0.5) is 13.2 Å². The van der Waals surface area contributed by atoms with E-state index in [1.807, 2.05) is 0 Å². The van der Waals surface area contributed by atoms with Crippen molar-refractivity contribution in [3.63, 3.8) is 0 Å². The quantitative estimate of drug-likeness (QED) is 0.803. The van der Waals surface area contributed by atoms with Gasteiger partial charge in [-0.3, -0.25) is 0 Å². The van der Waals surface area contributed by atoms with Crippen LogP contribution in [-0.4, -0.2) is 35.9 Å². The standard InChI is InChI=1S/C8H9F3N6/c1-6-13-14-15-17(6)4-7-12-2-3-16(7)5-8(9,10)11/h2-3H,4-5H2,1H3. The molecule has 9 heteroatoms. The van der Waals surface area contributed by atoms with Crippen LogP contribution in [0.3, 0.4) is 0 Å². The van der Waals surface area contributed by atoms with Crippen LogP contribution in [0.25, 0.3) is 0 Å². The molecule has 0 saturated heterocycles. The average molecular weight is 246 g/mol. The Morgan fingerprint density at radius 1 is 1.35 bits per heavy atom. The van der Waals surface area contributed by atoms with E-state index in [9.17, 15) is 13.2 Å². The van der Waals surface area contributed by atoms with Gasteiger partial charge in [0.2, 0.25) is 0 Å². The Labute approximate surface area is 94.1 Å². The molecule has 2 rings (SSSR count). The summed E-state index contributed by atoms with van der Waals surface area (Å²) in [7, 11) is 0. The van der Waals surface area contributed by atoms with Gasteiger partial charge in [0.1, 0.15) is 24.7 Å². The third kappa shape index (κ3) is 2.80. The molecule has 0 saturated carbocycles. The lowest BCUT2D eigenvalue weighted by molar-refractivity contribution is -0.141. The van der Waals surface area contributed by atoms with Crippen molar-refractivity contribution in [2.75, 3.05) is 0 Å². The number of rotatable bonds is 3. The third-order valence-electron chi connectivity index (χ3n) is 2.15. The molecule has 0 radical (unpaired) electrons. The molecule has 0 spiro atoms. The molecule has 0 aliphatic rings. The van der Waals surface area contributed by atoms with Crippen molar-refractivity contribution in [2.45, 2.75) is 26.2 Å². The van der Waals surface area contributed by atoms with Crippen molar-refractivity contribution in [3.05, 3.63) is 24.0 Å². The fourth-order valence-corrected chi connectivity index (χ4v) is 1.36. The molecular weight excluding hydrogens is 237 g/mol. The lowest BCUT2D eigenvalue weighted by Crippen LogP contribution is -2.20. The van der Waals surface area contributed by atoms with Crippen molar-refractivity contribution in [1.82, 2.24) is 29.8 Å². The maximum Gasteiger partial charge on any atom is 0.406 e. The van der Waals surface area contributed by atoms with Crippen LogP contribution in [0.2, 0.25) is 0 Å². The first-order valence-electron chi connectivity index (χ1n) is 4.75. The number of nitrogens with zero attached hydrogens (tertiary/aromatic N) is 6. The van der Waals surface area contributed by atoms with Crippen LogP contribution in [0.1, 0.15) is 11.6 Å². The number of alkyl halides is 3. The minimum Gasteiger partial charge on any atom is -0.324 e. The van der Waals surface area contributed by atoms with Crippen LogP contribution < -0.4 is 0 Å². The van der Waals surface area contributed by atoms with Gasteiger partial charge in [-0.2, -0.15) is 13.2 Å². The van der Waals surface area contributed by atoms with Crippen molar-refractivity contribution in [3.8, 4) is 0 Å². The maximum absolute atomic E-state index is 12.3. The average Bonchev–Trinajstić information content (AvgIpc) is 2.76. The van der Waals surface area contributed by atoms with Crippen molar-refractivity contribution >= 4 is 0 Å². The highest BCUT2D eigenvalue weighted by Gasteiger charge is 2.28. The second kappa shape index (κ2) is 4.15. The summed E-state index contributed by atoms with van der Waals surface area (Å²) in [5.74, 6) is 0.782. The molecule has 0 bridgehead atoms. The van der Waals surface area contributed by atoms with Crippen LogP contribution in [-0.2, 0) is 13.1 Å². The van der Waals surface area contributed by atoms with Gasteiger partial charge in [-0.1, -0.05) is 0 Å². The zero-order valence-corrected chi connectivity index (χ0v) is 8.89. The van der Waals surface area contributed by atoms with E-state index >= 15 is 0 Å². The number of halogens is 3. The summed E-state index contributed by atoms with van der Waals surface area (Å²) < 4.78 is 39.2. The SMILES string of the molecule is Cc1nnnn1Cc1nccn1CC(F)(F)F. The highest BCUT2D eigenvalue weighted by molar-refractivity contribution is 4.94. The van der Waals surface area contributed by atoms with Crippen LogP contribution in [0.15, 0.2) is 12.4 Å². The van der Waals surface area contributed by atoms with E-state index in [2.05, 4.69) is 20.5 Å². The van der Waals surface area contributed by atoms with Gasteiger partial charge in [0.25, 0.3) is 0 Å². The molecule has 17 heavy (non-hydrogen) atoms. The molecular formula is C8H9F3N6. The smallest absolute Gasteiger partial charge is 0.324 e. The summed E-state index contributed by atoms with van der Waals surface area (Å²) in [5, 5.41) is 10.7. The molecule has 0 aromatic carbocycles. The Hall–Kier alpha value is -1.93. The first-order chi connectivity index (χ1) is 7.96.